The van der Waals surface area contributed by atoms with Crippen LogP contribution in [0.15, 0.2) is 0 Å². The van der Waals surface area contributed by atoms with Gasteiger partial charge in [0.2, 0.25) is 11.8 Å². The molecule has 0 spiro atoms. The first-order valence-corrected chi connectivity index (χ1v) is 19.1. The van der Waals surface area contributed by atoms with Crippen molar-refractivity contribution in [2.24, 2.45) is 0 Å². The van der Waals surface area contributed by atoms with Crippen LogP contribution in [0, 0.1) is 0 Å². The van der Waals surface area contributed by atoms with E-state index in [4.69, 9.17) is 29.5 Å². The second-order valence-electron chi connectivity index (χ2n) is 15.0. The minimum atomic E-state index is -1.98. The molecule has 59 heavy (non-hydrogen) atoms. The number of hydrogen-bond donors (Lipinski definition) is 17. The van der Waals surface area contributed by atoms with Gasteiger partial charge in [-0.3, -0.25) is 14.5 Å². The molecule has 2 amide bonds. The van der Waals surface area contributed by atoms with Crippen molar-refractivity contribution in [3.8, 4) is 0 Å². The minimum absolute atomic E-state index is 0.0788. The number of carbonyl (C=O) groups excluding carboxylic acids is 2. The molecule has 0 aliphatic heterocycles. The third-order valence-electron chi connectivity index (χ3n) is 8.85. The molecule has 5 unspecified atom stereocenters. The van der Waals surface area contributed by atoms with E-state index in [-0.39, 0.29) is 65.1 Å². The molecule has 0 aliphatic carbocycles. The van der Waals surface area contributed by atoms with E-state index in [1.54, 1.807) is 20.8 Å². The van der Waals surface area contributed by atoms with Gasteiger partial charge in [0.05, 0.1) is 81.9 Å². The molecule has 0 aliphatic rings. The largest absolute Gasteiger partial charge is 0.479 e. The van der Waals surface area contributed by atoms with Gasteiger partial charge in [0.15, 0.2) is 6.10 Å². The second kappa shape index (κ2) is 29.9. The number of ether oxygens (including phenoxy) is 3. The zero-order chi connectivity index (χ0) is 45.5. The van der Waals surface area contributed by atoms with E-state index in [1.165, 1.54) is 4.90 Å². The molecule has 0 bridgehead atoms. The summed E-state index contributed by atoms with van der Waals surface area (Å²) >= 11 is 0. The smallest absolute Gasteiger partial charge is 0.334 e. The molecule has 24 nitrogen and oxygen atoms in total. The average Bonchev–Trinajstić information content (AvgIpc) is 3.18. The number of nitrogens with one attached hydrogen (secondary N) is 2. The van der Waals surface area contributed by atoms with E-state index in [1.807, 2.05) is 0 Å². The van der Waals surface area contributed by atoms with Crippen molar-refractivity contribution in [2.75, 3.05) is 72.4 Å². The zero-order valence-electron chi connectivity index (χ0n) is 33.7. The van der Waals surface area contributed by atoms with E-state index in [0.717, 1.165) is 0 Å². The number of carboxylic acid groups (broad SMARTS) is 1. The number of rotatable bonds is 35. The van der Waals surface area contributed by atoms with Crippen LogP contribution in [-0.2, 0) is 28.6 Å². The number of nitrogens with zero attached hydrogens (tertiary/aromatic N) is 1. The SMILES string of the molecule is CC(CC(O)COC(C)(C)CC(O)COCC(O)C(=O)O)OCC(O)CNC(=O)CCC(=O)NCCN(C[C@H](O)[C@@H](O)[C@H](O)[C@H](O)CO)C[C@H](O)[C@@H](O)[C@H](O)[C@H](O)CO. The van der Waals surface area contributed by atoms with Crippen LogP contribution in [0.3, 0.4) is 0 Å². The molecule has 13 atom stereocenters. The molecule has 0 saturated heterocycles. The van der Waals surface area contributed by atoms with Gasteiger partial charge in [-0.15, -0.1) is 0 Å². The summed E-state index contributed by atoms with van der Waals surface area (Å²) in [6, 6.07) is 0. The van der Waals surface area contributed by atoms with E-state index in [0.29, 0.717) is 0 Å². The topological polar surface area (TPSA) is 410 Å². The lowest BCUT2D eigenvalue weighted by molar-refractivity contribution is -0.151. The Morgan fingerprint density at radius 1 is 0.644 bits per heavy atom. The summed E-state index contributed by atoms with van der Waals surface area (Å²) in [6.07, 6.45) is -20.9. The van der Waals surface area contributed by atoms with Gasteiger partial charge < -0.3 is 101 Å². The number of hydrogen-bond acceptors (Lipinski definition) is 21. The molecule has 0 aromatic carbocycles. The molecule has 0 radical (unpaired) electrons. The zero-order valence-corrected chi connectivity index (χ0v) is 33.7. The summed E-state index contributed by atoms with van der Waals surface area (Å²) in [7, 11) is 0. The normalized spacial score (nSPS) is 19.0. The van der Waals surface area contributed by atoms with Gasteiger partial charge >= 0.3 is 5.97 Å². The first kappa shape index (κ1) is 56.7. The summed E-state index contributed by atoms with van der Waals surface area (Å²) < 4.78 is 16.2. The van der Waals surface area contributed by atoms with E-state index >= 15 is 0 Å². The predicted molar refractivity (Wildman–Crippen MR) is 201 cm³/mol. The van der Waals surface area contributed by atoms with Crippen molar-refractivity contribution in [2.45, 2.75) is 131 Å². The van der Waals surface area contributed by atoms with Crippen LogP contribution >= 0.6 is 0 Å². The number of carboxylic acids is 1. The molecule has 24 heteroatoms. The molecule has 0 aromatic heterocycles. The third kappa shape index (κ3) is 25.3. The summed E-state index contributed by atoms with van der Waals surface area (Å²) in [4.78, 5) is 36.5. The molecule has 0 heterocycles. The van der Waals surface area contributed by atoms with E-state index < -0.39 is 136 Å². The number of aliphatic hydroxyl groups excluding tert-OH is 14. The Hall–Kier alpha value is -2.31. The maximum absolute atomic E-state index is 12.4. The predicted octanol–water partition coefficient (Wildman–Crippen LogP) is -8.30. The second-order valence-corrected chi connectivity index (χ2v) is 15.0. The quantitative estimate of drug-likeness (QED) is 0.0281. The highest BCUT2D eigenvalue weighted by Crippen LogP contribution is 2.19. The van der Waals surface area contributed by atoms with E-state index in [2.05, 4.69) is 10.6 Å². The van der Waals surface area contributed by atoms with E-state index in [9.17, 15) is 75.7 Å². The fourth-order valence-electron chi connectivity index (χ4n) is 5.37. The Morgan fingerprint density at radius 2 is 1.14 bits per heavy atom. The van der Waals surface area contributed by atoms with Crippen molar-refractivity contribution in [1.29, 1.82) is 0 Å². The highest BCUT2D eigenvalue weighted by atomic mass is 16.5. The number of aliphatic hydroxyl groups is 14. The summed E-state index contributed by atoms with van der Waals surface area (Å²) in [6.45, 7) is 0.401. The van der Waals surface area contributed by atoms with Crippen molar-refractivity contribution in [3.63, 3.8) is 0 Å². The lowest BCUT2D eigenvalue weighted by atomic mass is 10.0. The Morgan fingerprint density at radius 3 is 1.63 bits per heavy atom. The van der Waals surface area contributed by atoms with Gasteiger partial charge in [-0.2, -0.15) is 0 Å². The number of amides is 2. The van der Waals surface area contributed by atoms with Gasteiger partial charge in [-0.1, -0.05) is 0 Å². The summed E-state index contributed by atoms with van der Waals surface area (Å²) in [5.74, 6) is -2.64. The van der Waals surface area contributed by atoms with Gasteiger partial charge in [0.25, 0.3) is 0 Å². The molecule has 350 valence electrons. The molecular formula is C35H69N3O21. The molecule has 0 saturated carbocycles. The van der Waals surface area contributed by atoms with Gasteiger partial charge in [0, 0.05) is 58.4 Å². The summed E-state index contributed by atoms with van der Waals surface area (Å²) in [5.41, 5.74) is -0.902. The lowest BCUT2D eigenvalue weighted by Crippen LogP contribution is -2.54. The van der Waals surface area contributed by atoms with Crippen LogP contribution in [-0.4, -0.2) is 257 Å². The Bertz CT molecular complexity index is 1130. The highest BCUT2D eigenvalue weighted by molar-refractivity contribution is 5.83. The lowest BCUT2D eigenvalue weighted by Gasteiger charge is -2.33. The van der Waals surface area contributed by atoms with Crippen LogP contribution in [0.4, 0.5) is 0 Å². The first-order valence-electron chi connectivity index (χ1n) is 19.1. The van der Waals surface area contributed by atoms with Gasteiger partial charge in [-0.25, -0.2) is 4.79 Å². The van der Waals surface area contributed by atoms with Crippen LogP contribution in [0.1, 0.15) is 46.5 Å². The van der Waals surface area contributed by atoms with Crippen molar-refractivity contribution in [3.05, 3.63) is 0 Å². The van der Waals surface area contributed by atoms with Gasteiger partial charge in [-0.05, 0) is 20.8 Å². The number of aliphatic carboxylic acids is 1. The first-order chi connectivity index (χ1) is 27.4. The minimum Gasteiger partial charge on any atom is -0.479 e. The van der Waals surface area contributed by atoms with Crippen molar-refractivity contribution >= 4 is 17.8 Å². The average molecular weight is 868 g/mol. The Kier molecular flexibility index (Phi) is 28.7. The molecule has 0 rings (SSSR count). The van der Waals surface area contributed by atoms with Crippen LogP contribution in [0.5, 0.6) is 0 Å². The molecule has 0 aromatic rings. The van der Waals surface area contributed by atoms with Crippen LogP contribution in [0.25, 0.3) is 0 Å². The molecule has 0 fully saturated rings. The Balaban J connectivity index is 4.71. The number of carbonyl (C=O) groups is 3. The van der Waals surface area contributed by atoms with Crippen LogP contribution in [0.2, 0.25) is 0 Å². The van der Waals surface area contributed by atoms with Crippen molar-refractivity contribution in [1.82, 2.24) is 15.5 Å². The summed E-state index contributed by atoms with van der Waals surface area (Å²) in [5, 5.41) is 152. The maximum Gasteiger partial charge on any atom is 0.334 e. The van der Waals surface area contributed by atoms with Gasteiger partial charge in [0.1, 0.15) is 36.6 Å². The fraction of sp³-hybridized carbons (Fsp3) is 0.914. The Labute approximate surface area is 342 Å². The monoisotopic (exact) mass is 867 g/mol. The van der Waals surface area contributed by atoms with Crippen molar-refractivity contribution < 1.29 is 105 Å². The standard InChI is InChI=1S/C35H69N3O21/c1-19(8-20(41)17-59-35(2,3)9-21(42)15-57-18-27(48)34(55)56)58-16-22(43)10-37-29(50)5-4-28(49)36-6-7-38(11-23(44)30(51)32(53)25(46)13-39)12-24(45)31(52)33(54)26(47)14-40/h19-27,30-33,39-48,51-54H,4-18H2,1-3H3,(H,36,49)(H,37,50)(H,55,56)/t19?,20?,21?,22?,23-,24-,25+,26+,27?,30+,31+,32+,33+/m0/s1. The third-order valence-corrected chi connectivity index (χ3v) is 8.85. The highest BCUT2D eigenvalue weighted by Gasteiger charge is 2.34. The molecular weight excluding hydrogens is 798 g/mol. The fourth-order valence-corrected chi connectivity index (χ4v) is 5.37. The van der Waals surface area contributed by atoms with Crippen LogP contribution < -0.4 is 10.6 Å². The molecule has 17 N–H and O–H groups in total. The maximum atomic E-state index is 12.4.